The predicted octanol–water partition coefficient (Wildman–Crippen LogP) is 2.76. The first-order valence-corrected chi connectivity index (χ1v) is 7.20. The van der Waals surface area contributed by atoms with Gasteiger partial charge in [-0.2, -0.15) is 0 Å². The van der Waals surface area contributed by atoms with E-state index in [1.165, 1.54) is 0 Å². The van der Waals surface area contributed by atoms with E-state index in [-0.39, 0.29) is 17.5 Å². The van der Waals surface area contributed by atoms with Crippen LogP contribution >= 0.6 is 28.1 Å². The van der Waals surface area contributed by atoms with Crippen molar-refractivity contribution in [2.75, 3.05) is 11.9 Å². The minimum absolute atomic E-state index is 0.107. The zero-order valence-electron chi connectivity index (χ0n) is 10.9. The maximum atomic E-state index is 12.2. The number of benzene rings is 1. The summed E-state index contributed by atoms with van der Waals surface area (Å²) >= 11 is 8.06. The van der Waals surface area contributed by atoms with Gasteiger partial charge in [0.05, 0.1) is 5.69 Å². The number of ether oxygens (including phenoxy) is 1. The molecule has 1 heterocycles. The average Bonchev–Trinajstić information content (AvgIpc) is 2.46. The molecule has 0 aliphatic rings. The summed E-state index contributed by atoms with van der Waals surface area (Å²) in [6.45, 7) is 0.107. The van der Waals surface area contributed by atoms with Gasteiger partial charge >= 0.3 is 0 Å². The van der Waals surface area contributed by atoms with Crippen LogP contribution in [-0.4, -0.2) is 22.5 Å². The second kappa shape index (κ2) is 7.14. The summed E-state index contributed by atoms with van der Waals surface area (Å²) in [6.07, 6.45) is 1.55. The standard InChI is InChI=1S/C14H12BrN3O2S/c15-9-4-3-7-17-13(9)14(19)18-10-5-1-2-6-11(10)20-8-12(16)21/h1-7H,8H2,(H2,16,21)(H,18,19). The number of para-hydroxylation sites is 2. The van der Waals surface area contributed by atoms with E-state index in [4.69, 9.17) is 22.7 Å². The lowest BCUT2D eigenvalue weighted by molar-refractivity contribution is 0.102. The van der Waals surface area contributed by atoms with E-state index in [1.807, 2.05) is 0 Å². The molecule has 2 aromatic rings. The summed E-state index contributed by atoms with van der Waals surface area (Å²) in [5.41, 5.74) is 6.22. The van der Waals surface area contributed by atoms with Crippen molar-refractivity contribution in [1.82, 2.24) is 4.98 Å². The van der Waals surface area contributed by atoms with E-state index in [1.54, 1.807) is 42.6 Å². The number of thiocarbonyl (C=S) groups is 1. The number of pyridine rings is 1. The van der Waals surface area contributed by atoms with Gasteiger partial charge in [-0.25, -0.2) is 4.98 Å². The minimum Gasteiger partial charge on any atom is -0.484 e. The smallest absolute Gasteiger partial charge is 0.275 e. The molecule has 0 spiro atoms. The number of anilines is 1. The van der Waals surface area contributed by atoms with Gasteiger partial charge in [0, 0.05) is 10.7 Å². The maximum Gasteiger partial charge on any atom is 0.275 e. The number of aromatic nitrogens is 1. The number of amides is 1. The van der Waals surface area contributed by atoms with Crippen molar-refractivity contribution in [2.24, 2.45) is 5.73 Å². The molecule has 7 heteroatoms. The highest BCUT2D eigenvalue weighted by atomic mass is 79.9. The van der Waals surface area contributed by atoms with Crippen molar-refractivity contribution in [3.63, 3.8) is 0 Å². The van der Waals surface area contributed by atoms with E-state index >= 15 is 0 Å². The van der Waals surface area contributed by atoms with Gasteiger partial charge < -0.3 is 15.8 Å². The van der Waals surface area contributed by atoms with E-state index < -0.39 is 0 Å². The van der Waals surface area contributed by atoms with Crippen LogP contribution in [0.15, 0.2) is 47.1 Å². The first kappa shape index (κ1) is 15.4. The second-order valence-electron chi connectivity index (χ2n) is 4.04. The van der Waals surface area contributed by atoms with E-state index in [2.05, 4.69) is 26.2 Å². The minimum atomic E-state index is -0.339. The molecule has 1 aromatic heterocycles. The van der Waals surface area contributed by atoms with Gasteiger partial charge in [-0.05, 0) is 40.2 Å². The third kappa shape index (κ3) is 4.24. The van der Waals surface area contributed by atoms with Gasteiger partial charge in [0.25, 0.3) is 5.91 Å². The summed E-state index contributed by atoms with van der Waals surface area (Å²) in [7, 11) is 0. The molecule has 3 N–H and O–H groups in total. The highest BCUT2D eigenvalue weighted by Gasteiger charge is 2.13. The van der Waals surface area contributed by atoms with Gasteiger partial charge in [0.1, 0.15) is 23.0 Å². The van der Waals surface area contributed by atoms with Gasteiger partial charge in [-0.15, -0.1) is 0 Å². The van der Waals surface area contributed by atoms with Crippen LogP contribution in [0.3, 0.4) is 0 Å². The quantitative estimate of drug-likeness (QED) is 0.796. The van der Waals surface area contributed by atoms with Crippen molar-refractivity contribution in [3.05, 3.63) is 52.8 Å². The summed E-state index contributed by atoms with van der Waals surface area (Å²) in [5.74, 6) is 0.152. The molecule has 0 saturated carbocycles. The lowest BCUT2D eigenvalue weighted by Gasteiger charge is -2.12. The first-order chi connectivity index (χ1) is 10.1. The van der Waals surface area contributed by atoms with Crippen LogP contribution in [0.1, 0.15) is 10.5 Å². The third-order valence-electron chi connectivity index (χ3n) is 2.48. The molecule has 0 saturated heterocycles. The normalized spacial score (nSPS) is 9.95. The summed E-state index contributed by atoms with van der Waals surface area (Å²) in [5, 5.41) is 2.75. The van der Waals surface area contributed by atoms with Crippen LogP contribution in [0.2, 0.25) is 0 Å². The van der Waals surface area contributed by atoms with Crippen LogP contribution in [0.5, 0.6) is 5.75 Å². The van der Waals surface area contributed by atoms with E-state index in [9.17, 15) is 4.79 Å². The molecule has 108 valence electrons. The zero-order chi connectivity index (χ0) is 15.2. The molecule has 0 aliphatic heterocycles. The molecular formula is C14H12BrN3O2S. The first-order valence-electron chi connectivity index (χ1n) is 6.00. The molecule has 1 aromatic carbocycles. The fourth-order valence-corrected chi connectivity index (χ4v) is 2.07. The Hall–Kier alpha value is -1.99. The Labute approximate surface area is 135 Å². The van der Waals surface area contributed by atoms with Gasteiger partial charge in [-0.1, -0.05) is 24.4 Å². The Morgan fingerprint density at radius 3 is 2.81 bits per heavy atom. The van der Waals surface area contributed by atoms with Crippen molar-refractivity contribution < 1.29 is 9.53 Å². The molecule has 0 fully saturated rings. The second-order valence-corrected chi connectivity index (χ2v) is 5.42. The Bertz CT molecular complexity index is 679. The molecule has 0 unspecified atom stereocenters. The highest BCUT2D eigenvalue weighted by Crippen LogP contribution is 2.25. The lowest BCUT2D eigenvalue weighted by atomic mass is 10.2. The number of hydrogen-bond acceptors (Lipinski definition) is 4. The number of carbonyl (C=O) groups excluding carboxylic acids is 1. The Morgan fingerprint density at radius 2 is 2.10 bits per heavy atom. The number of hydrogen-bond donors (Lipinski definition) is 2. The van der Waals surface area contributed by atoms with Crippen LogP contribution in [0.25, 0.3) is 0 Å². The molecule has 21 heavy (non-hydrogen) atoms. The molecule has 1 amide bonds. The van der Waals surface area contributed by atoms with Crippen molar-refractivity contribution in [1.29, 1.82) is 0 Å². The van der Waals surface area contributed by atoms with Crippen LogP contribution in [-0.2, 0) is 0 Å². The maximum absolute atomic E-state index is 12.2. The van der Waals surface area contributed by atoms with Crippen molar-refractivity contribution in [2.45, 2.75) is 0 Å². The molecule has 5 nitrogen and oxygen atoms in total. The Morgan fingerprint density at radius 1 is 1.33 bits per heavy atom. The zero-order valence-corrected chi connectivity index (χ0v) is 13.3. The van der Waals surface area contributed by atoms with Crippen LogP contribution in [0.4, 0.5) is 5.69 Å². The van der Waals surface area contributed by atoms with Crippen LogP contribution in [0, 0.1) is 0 Å². The molecule has 0 radical (unpaired) electrons. The SMILES string of the molecule is NC(=S)COc1ccccc1NC(=O)c1ncccc1Br. The topological polar surface area (TPSA) is 77.2 Å². The predicted molar refractivity (Wildman–Crippen MR) is 88.6 cm³/mol. The van der Waals surface area contributed by atoms with Gasteiger partial charge in [-0.3, -0.25) is 4.79 Å². The van der Waals surface area contributed by atoms with Gasteiger partial charge in [0.2, 0.25) is 0 Å². The number of nitrogens with one attached hydrogen (secondary N) is 1. The Balaban J connectivity index is 2.18. The number of rotatable bonds is 5. The monoisotopic (exact) mass is 365 g/mol. The Kier molecular flexibility index (Phi) is 5.24. The van der Waals surface area contributed by atoms with E-state index in [0.717, 1.165) is 0 Å². The summed E-state index contributed by atoms with van der Waals surface area (Å²) in [6, 6.07) is 10.5. The fourth-order valence-electron chi connectivity index (χ4n) is 1.58. The average molecular weight is 366 g/mol. The molecular weight excluding hydrogens is 354 g/mol. The summed E-state index contributed by atoms with van der Waals surface area (Å²) < 4.78 is 6.07. The number of halogens is 1. The number of carbonyl (C=O) groups is 1. The highest BCUT2D eigenvalue weighted by molar-refractivity contribution is 9.10. The molecule has 0 aliphatic carbocycles. The molecule has 2 rings (SSSR count). The van der Waals surface area contributed by atoms with Crippen LogP contribution < -0.4 is 15.8 Å². The van der Waals surface area contributed by atoms with Gasteiger partial charge in [0.15, 0.2) is 0 Å². The fraction of sp³-hybridized carbons (Fsp3) is 0.0714. The van der Waals surface area contributed by atoms with Crippen molar-refractivity contribution in [3.8, 4) is 5.75 Å². The summed E-state index contributed by atoms with van der Waals surface area (Å²) in [4.78, 5) is 16.5. The van der Waals surface area contributed by atoms with Crippen molar-refractivity contribution >= 4 is 44.7 Å². The number of nitrogens with zero attached hydrogens (tertiary/aromatic N) is 1. The third-order valence-corrected chi connectivity index (χ3v) is 3.24. The lowest BCUT2D eigenvalue weighted by Crippen LogP contribution is -2.19. The largest absolute Gasteiger partial charge is 0.484 e. The molecule has 0 bridgehead atoms. The molecule has 0 atom stereocenters. The number of nitrogens with two attached hydrogens (primary N) is 1. The van der Waals surface area contributed by atoms with E-state index in [0.29, 0.717) is 21.6 Å².